The Bertz CT molecular complexity index is 424. The topological polar surface area (TPSA) is 12.0 Å². The summed E-state index contributed by atoms with van der Waals surface area (Å²) in [6.07, 6.45) is -2.72. The molecule has 1 atom stereocenters. The second-order valence-electron chi connectivity index (χ2n) is 4.79. The standard InChI is InChI=1S/C15H20F3N/c1-4-8-19-14(9-11(2)3)12-6-5-7-13(10-12)15(16,17)18/h5-7,10,14,19H,2,4,8-9H2,1,3H3. The third-order valence-corrected chi connectivity index (χ3v) is 2.81. The number of hydrogen-bond acceptors (Lipinski definition) is 1. The summed E-state index contributed by atoms with van der Waals surface area (Å²) >= 11 is 0. The van der Waals surface area contributed by atoms with Crippen molar-refractivity contribution in [1.29, 1.82) is 0 Å². The lowest BCUT2D eigenvalue weighted by molar-refractivity contribution is -0.137. The van der Waals surface area contributed by atoms with Gasteiger partial charge < -0.3 is 5.32 Å². The molecule has 0 bridgehead atoms. The predicted octanol–water partition coefficient (Wildman–Crippen LogP) is 4.71. The fourth-order valence-corrected chi connectivity index (χ4v) is 1.91. The molecule has 0 amide bonds. The lowest BCUT2D eigenvalue weighted by atomic mass is 9.98. The molecule has 0 heterocycles. The average Bonchev–Trinajstić information content (AvgIpc) is 2.33. The van der Waals surface area contributed by atoms with Crippen LogP contribution >= 0.6 is 0 Å². The summed E-state index contributed by atoms with van der Waals surface area (Å²) < 4.78 is 38.1. The van der Waals surface area contributed by atoms with Crippen LogP contribution in [0.15, 0.2) is 36.4 Å². The van der Waals surface area contributed by atoms with Crippen molar-refractivity contribution < 1.29 is 13.2 Å². The van der Waals surface area contributed by atoms with E-state index in [2.05, 4.69) is 11.9 Å². The molecule has 0 aromatic heterocycles. The van der Waals surface area contributed by atoms with Crippen molar-refractivity contribution in [3.63, 3.8) is 0 Å². The number of hydrogen-bond donors (Lipinski definition) is 1. The summed E-state index contributed by atoms with van der Waals surface area (Å²) in [6.45, 7) is 8.52. The second kappa shape index (κ2) is 6.75. The van der Waals surface area contributed by atoms with Crippen LogP contribution in [0.4, 0.5) is 13.2 Å². The minimum atomic E-state index is -4.30. The Morgan fingerprint density at radius 1 is 1.37 bits per heavy atom. The van der Waals surface area contributed by atoms with Crippen molar-refractivity contribution in [2.45, 2.75) is 38.9 Å². The second-order valence-corrected chi connectivity index (χ2v) is 4.79. The lowest BCUT2D eigenvalue weighted by Crippen LogP contribution is -2.22. The Hall–Kier alpha value is -1.29. The number of nitrogens with one attached hydrogen (secondary N) is 1. The molecule has 0 aliphatic carbocycles. The van der Waals surface area contributed by atoms with Crippen molar-refractivity contribution in [3.8, 4) is 0 Å². The minimum Gasteiger partial charge on any atom is -0.310 e. The first-order chi connectivity index (χ1) is 8.84. The van der Waals surface area contributed by atoms with E-state index in [0.29, 0.717) is 12.0 Å². The number of benzene rings is 1. The molecule has 1 aromatic carbocycles. The highest BCUT2D eigenvalue weighted by atomic mass is 19.4. The van der Waals surface area contributed by atoms with Gasteiger partial charge in [-0.25, -0.2) is 0 Å². The third kappa shape index (κ3) is 5.07. The molecule has 19 heavy (non-hydrogen) atoms. The van der Waals surface area contributed by atoms with Crippen LogP contribution in [0.5, 0.6) is 0 Å². The van der Waals surface area contributed by atoms with Gasteiger partial charge in [-0.2, -0.15) is 13.2 Å². The van der Waals surface area contributed by atoms with Crippen LogP contribution in [0.3, 0.4) is 0 Å². The Labute approximate surface area is 112 Å². The van der Waals surface area contributed by atoms with Crippen LogP contribution in [-0.4, -0.2) is 6.54 Å². The van der Waals surface area contributed by atoms with Crippen LogP contribution in [0.2, 0.25) is 0 Å². The summed E-state index contributed by atoms with van der Waals surface area (Å²) in [4.78, 5) is 0. The molecule has 0 aliphatic rings. The Balaban J connectivity index is 2.97. The molecule has 106 valence electrons. The molecule has 0 aliphatic heterocycles. The Kier molecular flexibility index (Phi) is 5.60. The van der Waals surface area contributed by atoms with Gasteiger partial charge in [-0.3, -0.25) is 0 Å². The van der Waals surface area contributed by atoms with E-state index in [4.69, 9.17) is 0 Å². The molecule has 1 aromatic rings. The summed E-state index contributed by atoms with van der Waals surface area (Å²) in [7, 11) is 0. The maximum absolute atomic E-state index is 12.7. The van der Waals surface area contributed by atoms with Gasteiger partial charge in [-0.05, 0) is 44.0 Å². The molecule has 1 N–H and O–H groups in total. The largest absolute Gasteiger partial charge is 0.416 e. The monoisotopic (exact) mass is 271 g/mol. The molecule has 1 unspecified atom stereocenters. The van der Waals surface area contributed by atoms with E-state index in [1.807, 2.05) is 13.8 Å². The van der Waals surface area contributed by atoms with Gasteiger partial charge in [0.2, 0.25) is 0 Å². The van der Waals surface area contributed by atoms with E-state index >= 15 is 0 Å². The van der Waals surface area contributed by atoms with Gasteiger partial charge in [0.1, 0.15) is 0 Å². The predicted molar refractivity (Wildman–Crippen MR) is 71.9 cm³/mol. The van der Waals surface area contributed by atoms with Crippen molar-refractivity contribution >= 4 is 0 Å². The van der Waals surface area contributed by atoms with Crippen molar-refractivity contribution in [2.24, 2.45) is 0 Å². The first kappa shape index (κ1) is 15.8. The van der Waals surface area contributed by atoms with Gasteiger partial charge in [-0.1, -0.05) is 24.6 Å². The Morgan fingerprint density at radius 2 is 2.05 bits per heavy atom. The van der Waals surface area contributed by atoms with Gasteiger partial charge in [0.05, 0.1) is 5.56 Å². The SMILES string of the molecule is C=C(C)CC(NCCC)c1cccc(C(F)(F)F)c1. The molecule has 1 rings (SSSR count). The van der Waals surface area contributed by atoms with Gasteiger partial charge in [0.15, 0.2) is 0 Å². The van der Waals surface area contributed by atoms with E-state index in [1.165, 1.54) is 12.1 Å². The average molecular weight is 271 g/mol. The molecular weight excluding hydrogens is 251 g/mol. The zero-order valence-electron chi connectivity index (χ0n) is 11.3. The van der Waals surface area contributed by atoms with E-state index in [1.54, 1.807) is 6.07 Å². The zero-order chi connectivity index (χ0) is 14.5. The van der Waals surface area contributed by atoms with Gasteiger partial charge in [-0.15, -0.1) is 6.58 Å². The molecule has 0 fully saturated rings. The van der Waals surface area contributed by atoms with Gasteiger partial charge >= 0.3 is 6.18 Å². The number of rotatable bonds is 6. The first-order valence-corrected chi connectivity index (χ1v) is 6.39. The summed E-state index contributed by atoms with van der Waals surface area (Å²) in [6, 6.07) is 5.39. The van der Waals surface area contributed by atoms with E-state index in [-0.39, 0.29) is 6.04 Å². The van der Waals surface area contributed by atoms with Crippen molar-refractivity contribution in [3.05, 3.63) is 47.5 Å². The van der Waals surface area contributed by atoms with Crippen LogP contribution in [0, 0.1) is 0 Å². The zero-order valence-corrected chi connectivity index (χ0v) is 11.3. The third-order valence-electron chi connectivity index (χ3n) is 2.81. The molecule has 0 saturated carbocycles. The molecule has 4 heteroatoms. The molecular formula is C15H20F3N. The molecule has 0 saturated heterocycles. The number of halogens is 3. The highest BCUT2D eigenvalue weighted by molar-refractivity contribution is 5.28. The van der Waals surface area contributed by atoms with Gasteiger partial charge in [0, 0.05) is 6.04 Å². The summed E-state index contributed by atoms with van der Waals surface area (Å²) in [5.41, 5.74) is 1.01. The summed E-state index contributed by atoms with van der Waals surface area (Å²) in [5.74, 6) is 0. The lowest BCUT2D eigenvalue weighted by Gasteiger charge is -2.20. The van der Waals surface area contributed by atoms with Crippen molar-refractivity contribution in [1.82, 2.24) is 5.32 Å². The quantitative estimate of drug-likeness (QED) is 0.739. The highest BCUT2D eigenvalue weighted by Crippen LogP contribution is 2.31. The van der Waals surface area contributed by atoms with Crippen LogP contribution in [0.25, 0.3) is 0 Å². The van der Waals surface area contributed by atoms with E-state index in [0.717, 1.165) is 24.6 Å². The minimum absolute atomic E-state index is 0.111. The van der Waals surface area contributed by atoms with E-state index in [9.17, 15) is 13.2 Å². The van der Waals surface area contributed by atoms with Gasteiger partial charge in [0.25, 0.3) is 0 Å². The first-order valence-electron chi connectivity index (χ1n) is 6.39. The number of alkyl halides is 3. The maximum atomic E-state index is 12.7. The van der Waals surface area contributed by atoms with Crippen LogP contribution < -0.4 is 5.32 Å². The smallest absolute Gasteiger partial charge is 0.310 e. The Morgan fingerprint density at radius 3 is 2.58 bits per heavy atom. The normalized spacial score (nSPS) is 13.3. The molecule has 0 spiro atoms. The van der Waals surface area contributed by atoms with E-state index < -0.39 is 11.7 Å². The molecule has 0 radical (unpaired) electrons. The highest BCUT2D eigenvalue weighted by Gasteiger charge is 2.30. The fourth-order valence-electron chi connectivity index (χ4n) is 1.91. The van der Waals surface area contributed by atoms with Crippen molar-refractivity contribution in [2.75, 3.05) is 6.54 Å². The fraction of sp³-hybridized carbons (Fsp3) is 0.467. The van der Waals surface area contributed by atoms with Crippen LogP contribution in [-0.2, 0) is 6.18 Å². The van der Waals surface area contributed by atoms with Crippen LogP contribution in [0.1, 0.15) is 43.9 Å². The summed E-state index contributed by atoms with van der Waals surface area (Å²) in [5, 5.41) is 3.27. The molecule has 1 nitrogen and oxygen atoms in total. The maximum Gasteiger partial charge on any atom is 0.416 e.